The number of morpholine rings is 1. The highest BCUT2D eigenvalue weighted by molar-refractivity contribution is 5.67. The highest BCUT2D eigenvalue weighted by Gasteiger charge is 2.31. The monoisotopic (exact) mass is 227 g/mol. The van der Waals surface area contributed by atoms with Gasteiger partial charge in [0.2, 0.25) is 0 Å². The summed E-state index contributed by atoms with van der Waals surface area (Å²) in [5.41, 5.74) is 0. The van der Waals surface area contributed by atoms with Gasteiger partial charge in [-0.25, -0.2) is 0 Å². The maximum Gasteiger partial charge on any atom is 0.306 e. The zero-order valence-electron chi connectivity index (χ0n) is 9.89. The van der Waals surface area contributed by atoms with Crippen molar-refractivity contribution in [2.45, 2.75) is 44.8 Å². The lowest BCUT2D eigenvalue weighted by molar-refractivity contribution is -0.142. The maximum absolute atomic E-state index is 10.6. The van der Waals surface area contributed by atoms with E-state index < -0.39 is 5.97 Å². The molecule has 4 heteroatoms. The van der Waals surface area contributed by atoms with Crippen LogP contribution < -0.4 is 0 Å². The second kappa shape index (κ2) is 5.15. The topological polar surface area (TPSA) is 49.8 Å². The number of carbonyl (C=O) groups is 1. The molecule has 1 aliphatic carbocycles. The number of aliphatic carboxylic acids is 1. The first-order valence-corrected chi connectivity index (χ1v) is 6.22. The maximum atomic E-state index is 10.6. The van der Waals surface area contributed by atoms with Gasteiger partial charge in [0.25, 0.3) is 0 Å². The number of hydrogen-bond acceptors (Lipinski definition) is 3. The van der Waals surface area contributed by atoms with Gasteiger partial charge in [-0.3, -0.25) is 9.69 Å². The SMILES string of the molecule is CC1CCC(N2CCOC(CC(=O)O)C2)C1. The van der Waals surface area contributed by atoms with Crippen LogP contribution in [0.3, 0.4) is 0 Å². The number of hydrogen-bond donors (Lipinski definition) is 1. The van der Waals surface area contributed by atoms with Gasteiger partial charge < -0.3 is 9.84 Å². The lowest BCUT2D eigenvalue weighted by Crippen LogP contribution is -2.47. The Balaban J connectivity index is 1.84. The van der Waals surface area contributed by atoms with Crippen LogP contribution in [0.25, 0.3) is 0 Å². The molecule has 0 aromatic rings. The first-order valence-electron chi connectivity index (χ1n) is 6.22. The van der Waals surface area contributed by atoms with Crippen LogP contribution in [-0.2, 0) is 9.53 Å². The highest BCUT2D eigenvalue weighted by Crippen LogP contribution is 2.29. The van der Waals surface area contributed by atoms with Crippen molar-refractivity contribution >= 4 is 5.97 Å². The Kier molecular flexibility index (Phi) is 3.82. The van der Waals surface area contributed by atoms with Gasteiger partial charge in [0.05, 0.1) is 19.1 Å². The lowest BCUT2D eigenvalue weighted by atomic mass is 10.1. The quantitative estimate of drug-likeness (QED) is 0.790. The summed E-state index contributed by atoms with van der Waals surface area (Å²) in [6.45, 7) is 4.75. The van der Waals surface area contributed by atoms with Gasteiger partial charge in [0.1, 0.15) is 0 Å². The number of ether oxygens (including phenoxy) is 1. The van der Waals surface area contributed by atoms with Crippen molar-refractivity contribution in [3.63, 3.8) is 0 Å². The highest BCUT2D eigenvalue weighted by atomic mass is 16.5. The van der Waals surface area contributed by atoms with Crippen molar-refractivity contribution in [2.75, 3.05) is 19.7 Å². The molecule has 0 spiro atoms. The summed E-state index contributed by atoms with van der Waals surface area (Å²) in [6.07, 6.45) is 3.87. The van der Waals surface area contributed by atoms with E-state index in [1.54, 1.807) is 0 Å². The molecule has 4 nitrogen and oxygen atoms in total. The van der Waals surface area contributed by atoms with Crippen LogP contribution in [0.4, 0.5) is 0 Å². The summed E-state index contributed by atoms with van der Waals surface area (Å²) in [6, 6.07) is 0.662. The van der Waals surface area contributed by atoms with Crippen molar-refractivity contribution in [1.82, 2.24) is 4.90 Å². The van der Waals surface area contributed by atoms with Crippen LogP contribution in [0.5, 0.6) is 0 Å². The van der Waals surface area contributed by atoms with Gasteiger partial charge in [0, 0.05) is 19.1 Å². The Morgan fingerprint density at radius 2 is 2.31 bits per heavy atom. The molecule has 1 saturated carbocycles. The van der Waals surface area contributed by atoms with Crippen molar-refractivity contribution < 1.29 is 14.6 Å². The van der Waals surface area contributed by atoms with E-state index in [-0.39, 0.29) is 12.5 Å². The van der Waals surface area contributed by atoms with Crippen LogP contribution in [0.15, 0.2) is 0 Å². The normalized spacial score (nSPS) is 36.4. The Morgan fingerprint density at radius 3 is 2.94 bits per heavy atom. The van der Waals surface area contributed by atoms with Gasteiger partial charge >= 0.3 is 5.97 Å². The summed E-state index contributed by atoms with van der Waals surface area (Å²) in [5.74, 6) is 0.0670. The Morgan fingerprint density at radius 1 is 1.50 bits per heavy atom. The molecule has 1 saturated heterocycles. The zero-order valence-corrected chi connectivity index (χ0v) is 9.89. The fourth-order valence-electron chi connectivity index (χ4n) is 2.90. The van der Waals surface area contributed by atoms with E-state index in [0.29, 0.717) is 12.6 Å². The summed E-state index contributed by atoms with van der Waals surface area (Å²) < 4.78 is 5.48. The lowest BCUT2D eigenvalue weighted by Gasteiger charge is -2.36. The van der Waals surface area contributed by atoms with Gasteiger partial charge in [-0.15, -0.1) is 0 Å². The molecule has 0 radical (unpaired) electrons. The molecule has 1 N–H and O–H groups in total. The molecule has 3 atom stereocenters. The largest absolute Gasteiger partial charge is 0.481 e. The molecule has 2 fully saturated rings. The van der Waals surface area contributed by atoms with Crippen LogP contribution in [0.2, 0.25) is 0 Å². The average molecular weight is 227 g/mol. The smallest absolute Gasteiger partial charge is 0.306 e. The molecule has 0 bridgehead atoms. The number of carboxylic acid groups (broad SMARTS) is 1. The Hall–Kier alpha value is -0.610. The van der Waals surface area contributed by atoms with E-state index in [4.69, 9.17) is 9.84 Å². The molecule has 1 heterocycles. The standard InChI is InChI=1S/C12H21NO3/c1-9-2-3-10(6-9)13-4-5-16-11(8-13)7-12(14)15/h9-11H,2-8H2,1H3,(H,14,15). The van der Waals surface area contributed by atoms with Crippen molar-refractivity contribution in [3.05, 3.63) is 0 Å². The number of nitrogens with zero attached hydrogens (tertiary/aromatic N) is 1. The van der Waals surface area contributed by atoms with E-state index in [0.717, 1.165) is 19.0 Å². The third-order valence-corrected chi connectivity index (χ3v) is 3.76. The summed E-state index contributed by atoms with van der Waals surface area (Å²) in [5, 5.41) is 8.76. The average Bonchev–Trinajstić information content (AvgIpc) is 2.64. The van der Waals surface area contributed by atoms with Crippen LogP contribution in [0.1, 0.15) is 32.6 Å². The number of carboxylic acids is 1. The fourth-order valence-corrected chi connectivity index (χ4v) is 2.90. The van der Waals surface area contributed by atoms with E-state index >= 15 is 0 Å². The Bertz CT molecular complexity index is 257. The first-order chi connectivity index (χ1) is 7.65. The van der Waals surface area contributed by atoms with Crippen molar-refractivity contribution in [2.24, 2.45) is 5.92 Å². The molecule has 2 aliphatic rings. The predicted octanol–water partition coefficient (Wildman–Crippen LogP) is 1.35. The van der Waals surface area contributed by atoms with E-state index in [2.05, 4.69) is 11.8 Å². The second-order valence-electron chi connectivity index (χ2n) is 5.16. The summed E-state index contributed by atoms with van der Waals surface area (Å²) in [7, 11) is 0. The molecule has 0 aromatic carbocycles. The van der Waals surface area contributed by atoms with Crippen molar-refractivity contribution in [3.8, 4) is 0 Å². The second-order valence-corrected chi connectivity index (χ2v) is 5.16. The molecule has 2 rings (SSSR count). The van der Waals surface area contributed by atoms with Gasteiger partial charge in [-0.2, -0.15) is 0 Å². The third-order valence-electron chi connectivity index (χ3n) is 3.76. The first kappa shape index (κ1) is 11.9. The molecule has 0 amide bonds. The van der Waals surface area contributed by atoms with Crippen LogP contribution >= 0.6 is 0 Å². The van der Waals surface area contributed by atoms with Gasteiger partial charge in [0.15, 0.2) is 0 Å². The van der Waals surface area contributed by atoms with Crippen LogP contribution in [0, 0.1) is 5.92 Å². The molecule has 92 valence electrons. The minimum atomic E-state index is -0.758. The number of rotatable bonds is 3. The summed E-state index contributed by atoms with van der Waals surface area (Å²) in [4.78, 5) is 13.1. The molecule has 1 aliphatic heterocycles. The fraction of sp³-hybridized carbons (Fsp3) is 0.917. The van der Waals surface area contributed by atoms with Crippen LogP contribution in [-0.4, -0.2) is 47.8 Å². The minimum absolute atomic E-state index is 0.109. The summed E-state index contributed by atoms with van der Waals surface area (Å²) >= 11 is 0. The molecular formula is C12H21NO3. The molecule has 16 heavy (non-hydrogen) atoms. The minimum Gasteiger partial charge on any atom is -0.481 e. The zero-order chi connectivity index (χ0) is 11.5. The molecule has 3 unspecified atom stereocenters. The van der Waals surface area contributed by atoms with Gasteiger partial charge in [-0.05, 0) is 25.2 Å². The molecule has 0 aromatic heterocycles. The molecular weight excluding hydrogens is 206 g/mol. The Labute approximate surface area is 96.6 Å². The predicted molar refractivity (Wildman–Crippen MR) is 60.4 cm³/mol. The van der Waals surface area contributed by atoms with Gasteiger partial charge in [-0.1, -0.05) is 6.92 Å². The van der Waals surface area contributed by atoms with E-state index in [9.17, 15) is 4.79 Å². The third kappa shape index (κ3) is 2.95. The van der Waals surface area contributed by atoms with E-state index in [1.165, 1.54) is 19.3 Å². The van der Waals surface area contributed by atoms with Crippen molar-refractivity contribution in [1.29, 1.82) is 0 Å². The van der Waals surface area contributed by atoms with E-state index in [1.807, 2.05) is 0 Å².